The Balaban J connectivity index is 3.01. The molecule has 0 saturated heterocycles. The van der Waals surface area contributed by atoms with Gasteiger partial charge in [0.1, 0.15) is 6.04 Å². The van der Waals surface area contributed by atoms with Crippen LogP contribution in [0.25, 0.3) is 0 Å². The van der Waals surface area contributed by atoms with Crippen LogP contribution in [0.4, 0.5) is 5.69 Å². The highest BCUT2D eigenvalue weighted by atomic mass is 32.2. The van der Waals surface area contributed by atoms with E-state index in [4.69, 9.17) is 0 Å². The van der Waals surface area contributed by atoms with Crippen molar-refractivity contribution in [2.45, 2.75) is 56.9 Å². The van der Waals surface area contributed by atoms with Gasteiger partial charge in [-0.1, -0.05) is 20.3 Å². The second kappa shape index (κ2) is 6.64. The van der Waals surface area contributed by atoms with E-state index in [0.717, 1.165) is 0 Å². The lowest BCUT2D eigenvalue weighted by molar-refractivity contribution is -0.139. The number of aliphatic carboxylic acids is 1. The molecule has 0 bridgehead atoms. The Labute approximate surface area is 131 Å². The Kier molecular flexibility index (Phi) is 5.56. The third-order valence-electron chi connectivity index (χ3n) is 3.62. The van der Waals surface area contributed by atoms with E-state index in [1.165, 1.54) is 12.3 Å². The third-order valence-corrected chi connectivity index (χ3v) is 6.02. The molecule has 2 N–H and O–H groups in total. The number of pyridine rings is 1. The van der Waals surface area contributed by atoms with Crippen molar-refractivity contribution >= 4 is 21.5 Å². The van der Waals surface area contributed by atoms with Gasteiger partial charge in [-0.15, -0.1) is 0 Å². The minimum atomic E-state index is -3.51. The molecule has 7 heteroatoms. The number of nitrogens with zero attached hydrogens (tertiary/aromatic N) is 1. The van der Waals surface area contributed by atoms with Gasteiger partial charge in [-0.3, -0.25) is 0 Å². The smallest absolute Gasteiger partial charge is 0.326 e. The molecule has 0 spiro atoms. The Hall–Kier alpha value is -1.63. The number of sulfone groups is 1. The second-order valence-electron chi connectivity index (χ2n) is 6.35. The number of carboxylic acid groups (broad SMARTS) is 1. The van der Waals surface area contributed by atoms with E-state index in [9.17, 15) is 18.3 Å². The number of nitrogens with one attached hydrogen (secondary N) is 1. The zero-order chi connectivity index (χ0) is 17.1. The first kappa shape index (κ1) is 18.4. The van der Waals surface area contributed by atoms with Crippen molar-refractivity contribution in [2.24, 2.45) is 5.92 Å². The van der Waals surface area contributed by atoms with Crippen molar-refractivity contribution < 1.29 is 18.3 Å². The minimum absolute atomic E-state index is 0.0130. The van der Waals surface area contributed by atoms with Crippen LogP contribution in [0.2, 0.25) is 0 Å². The van der Waals surface area contributed by atoms with Crippen LogP contribution < -0.4 is 5.32 Å². The fraction of sp³-hybridized carbons (Fsp3) is 0.600. The number of hydrogen-bond donors (Lipinski definition) is 2. The van der Waals surface area contributed by atoms with Gasteiger partial charge in [0.25, 0.3) is 0 Å². The van der Waals surface area contributed by atoms with Crippen molar-refractivity contribution in [1.29, 1.82) is 0 Å². The maximum Gasteiger partial charge on any atom is 0.326 e. The standard InChI is InChI=1S/C15H24N2O4S/c1-6-10(2)13(14(18)19)17-11-7-8-12(16-9-11)22(20,21)15(3,4)5/h7-10,13,17H,6H2,1-5H3,(H,18,19)/t10-,13-/m0/s1. The van der Waals surface area contributed by atoms with E-state index in [1.54, 1.807) is 26.8 Å². The van der Waals surface area contributed by atoms with Gasteiger partial charge < -0.3 is 10.4 Å². The molecular weight excluding hydrogens is 304 g/mol. The molecule has 1 rings (SSSR count). The first-order valence-electron chi connectivity index (χ1n) is 7.20. The summed E-state index contributed by atoms with van der Waals surface area (Å²) in [5.41, 5.74) is 0.487. The first-order valence-corrected chi connectivity index (χ1v) is 8.69. The summed E-state index contributed by atoms with van der Waals surface area (Å²) in [7, 11) is -3.51. The lowest BCUT2D eigenvalue weighted by atomic mass is 9.99. The van der Waals surface area contributed by atoms with E-state index in [0.29, 0.717) is 12.1 Å². The Morgan fingerprint density at radius 3 is 2.32 bits per heavy atom. The van der Waals surface area contributed by atoms with Crippen LogP contribution in [-0.2, 0) is 14.6 Å². The Morgan fingerprint density at radius 2 is 1.95 bits per heavy atom. The quantitative estimate of drug-likeness (QED) is 0.833. The van der Waals surface area contributed by atoms with Gasteiger partial charge in [0.05, 0.1) is 16.6 Å². The van der Waals surface area contributed by atoms with Crippen molar-refractivity contribution in [1.82, 2.24) is 4.98 Å². The molecular formula is C15H24N2O4S. The average Bonchev–Trinajstić information content (AvgIpc) is 2.43. The number of carbonyl (C=O) groups is 1. The van der Waals surface area contributed by atoms with Gasteiger partial charge in [-0.2, -0.15) is 0 Å². The normalized spacial score (nSPS) is 15.1. The molecule has 1 heterocycles. The molecule has 0 aliphatic carbocycles. The molecule has 124 valence electrons. The van der Waals surface area contributed by atoms with E-state index in [2.05, 4.69) is 10.3 Å². The molecule has 0 amide bonds. The fourth-order valence-corrected chi connectivity index (χ4v) is 2.87. The second-order valence-corrected chi connectivity index (χ2v) is 9.00. The van der Waals surface area contributed by atoms with Crippen LogP contribution in [0.5, 0.6) is 0 Å². The van der Waals surface area contributed by atoms with Gasteiger partial charge in [-0.25, -0.2) is 18.2 Å². The Morgan fingerprint density at radius 1 is 1.36 bits per heavy atom. The summed E-state index contributed by atoms with van der Waals surface area (Å²) in [4.78, 5) is 15.3. The molecule has 22 heavy (non-hydrogen) atoms. The highest BCUT2D eigenvalue weighted by molar-refractivity contribution is 7.92. The maximum atomic E-state index is 12.3. The Bertz CT molecular complexity index is 618. The number of anilines is 1. The van der Waals surface area contributed by atoms with Crippen molar-refractivity contribution in [3.8, 4) is 0 Å². The van der Waals surface area contributed by atoms with Crippen LogP contribution in [0.1, 0.15) is 41.0 Å². The number of aromatic nitrogens is 1. The largest absolute Gasteiger partial charge is 0.480 e. The number of rotatable bonds is 6. The van der Waals surface area contributed by atoms with Crippen LogP contribution in [0.15, 0.2) is 23.4 Å². The molecule has 2 atom stereocenters. The van der Waals surface area contributed by atoms with Gasteiger partial charge in [0.2, 0.25) is 0 Å². The molecule has 0 aromatic carbocycles. The van der Waals surface area contributed by atoms with Crippen LogP contribution >= 0.6 is 0 Å². The van der Waals surface area contributed by atoms with Crippen molar-refractivity contribution in [2.75, 3.05) is 5.32 Å². The summed E-state index contributed by atoms with van der Waals surface area (Å²) in [6.45, 7) is 8.59. The minimum Gasteiger partial charge on any atom is -0.480 e. The molecule has 0 unspecified atom stereocenters. The summed E-state index contributed by atoms with van der Waals surface area (Å²) in [5, 5.41) is 12.1. The molecule has 1 aromatic rings. The van der Waals surface area contributed by atoms with Crippen molar-refractivity contribution in [3.63, 3.8) is 0 Å². The van der Waals surface area contributed by atoms with E-state index >= 15 is 0 Å². The van der Waals surface area contributed by atoms with Crippen LogP contribution in [0.3, 0.4) is 0 Å². The fourth-order valence-electron chi connectivity index (χ4n) is 1.80. The molecule has 0 aliphatic heterocycles. The van der Waals surface area contributed by atoms with Crippen LogP contribution in [-0.4, -0.2) is 35.3 Å². The van der Waals surface area contributed by atoms with E-state index in [1.807, 2.05) is 13.8 Å². The summed E-state index contributed by atoms with van der Waals surface area (Å²) in [6.07, 6.45) is 2.07. The molecule has 6 nitrogen and oxygen atoms in total. The zero-order valence-electron chi connectivity index (χ0n) is 13.6. The summed E-state index contributed by atoms with van der Waals surface area (Å²) in [5.74, 6) is -1.00. The molecule has 1 aromatic heterocycles. The predicted molar refractivity (Wildman–Crippen MR) is 85.7 cm³/mol. The number of hydrogen-bond acceptors (Lipinski definition) is 5. The van der Waals surface area contributed by atoms with Gasteiger partial charge in [0.15, 0.2) is 14.9 Å². The first-order chi connectivity index (χ1) is 10.0. The van der Waals surface area contributed by atoms with Crippen LogP contribution in [0, 0.1) is 5.92 Å². The highest BCUT2D eigenvalue weighted by Gasteiger charge is 2.32. The predicted octanol–water partition coefficient (Wildman–Crippen LogP) is 2.57. The molecule has 0 aliphatic rings. The molecule has 0 saturated carbocycles. The van der Waals surface area contributed by atoms with E-state index in [-0.39, 0.29) is 10.9 Å². The van der Waals surface area contributed by atoms with Crippen molar-refractivity contribution in [3.05, 3.63) is 18.3 Å². The zero-order valence-corrected chi connectivity index (χ0v) is 14.4. The molecule has 0 fully saturated rings. The topological polar surface area (TPSA) is 96.4 Å². The highest BCUT2D eigenvalue weighted by Crippen LogP contribution is 2.24. The molecule has 0 radical (unpaired) electrons. The lowest BCUT2D eigenvalue weighted by Crippen LogP contribution is -2.35. The lowest BCUT2D eigenvalue weighted by Gasteiger charge is -2.22. The average molecular weight is 328 g/mol. The SMILES string of the molecule is CC[C@H](C)[C@H](Nc1ccc(S(=O)(=O)C(C)(C)C)nc1)C(=O)O. The van der Waals surface area contributed by atoms with E-state index < -0.39 is 26.6 Å². The maximum absolute atomic E-state index is 12.3. The van der Waals surface area contributed by atoms with Gasteiger partial charge in [0, 0.05) is 0 Å². The van der Waals surface area contributed by atoms with Gasteiger partial charge in [-0.05, 0) is 38.8 Å². The third kappa shape index (κ3) is 3.97. The number of carboxylic acids is 1. The summed E-state index contributed by atoms with van der Waals surface area (Å²) >= 11 is 0. The summed E-state index contributed by atoms with van der Waals surface area (Å²) < 4.78 is 23.6. The summed E-state index contributed by atoms with van der Waals surface area (Å²) in [6, 6.07) is 2.21. The van der Waals surface area contributed by atoms with Gasteiger partial charge >= 0.3 is 5.97 Å². The monoisotopic (exact) mass is 328 g/mol.